The van der Waals surface area contributed by atoms with Gasteiger partial charge in [0.25, 0.3) is 0 Å². The third kappa shape index (κ3) is 4.73. The van der Waals surface area contributed by atoms with Gasteiger partial charge in [0.05, 0.1) is 5.25 Å². The smallest absolute Gasteiger partial charge is 0.233 e. The highest BCUT2D eigenvalue weighted by Gasteiger charge is 2.20. The number of hydrogen-bond acceptors (Lipinski definition) is 2. The molecule has 1 fully saturated rings. The Balaban J connectivity index is 1.75. The van der Waals surface area contributed by atoms with Crippen LogP contribution in [0.4, 0.5) is 0 Å². The normalized spacial score (nSPS) is 17.4. The molecule has 1 amide bonds. The van der Waals surface area contributed by atoms with Gasteiger partial charge in [-0.2, -0.15) is 0 Å². The minimum absolute atomic E-state index is 0.00345. The van der Waals surface area contributed by atoms with Crippen LogP contribution >= 0.6 is 23.4 Å². The van der Waals surface area contributed by atoms with Gasteiger partial charge < -0.3 is 5.32 Å². The number of carbonyl (C=O) groups is 1. The molecule has 0 heterocycles. The zero-order chi connectivity index (χ0) is 13.7. The average molecular weight is 298 g/mol. The molecule has 0 aromatic heterocycles. The van der Waals surface area contributed by atoms with E-state index in [0.29, 0.717) is 6.04 Å². The summed E-state index contributed by atoms with van der Waals surface area (Å²) in [5.41, 5.74) is 1.20. The Morgan fingerprint density at radius 2 is 2.00 bits per heavy atom. The molecule has 1 atom stereocenters. The zero-order valence-electron chi connectivity index (χ0n) is 11.2. The first-order chi connectivity index (χ1) is 9.15. The standard InChI is InChI=1S/C15H20ClNOS/c1-11(15(18)17-14-4-2-3-5-14)19-10-12-6-8-13(16)9-7-12/h6-9,11,14H,2-5,10H2,1H3,(H,17,18). The Morgan fingerprint density at radius 1 is 1.37 bits per heavy atom. The number of rotatable bonds is 5. The van der Waals surface area contributed by atoms with E-state index >= 15 is 0 Å². The third-order valence-corrected chi connectivity index (χ3v) is 4.95. The summed E-state index contributed by atoms with van der Waals surface area (Å²) in [6.07, 6.45) is 4.77. The van der Waals surface area contributed by atoms with E-state index in [2.05, 4.69) is 5.32 Å². The maximum Gasteiger partial charge on any atom is 0.233 e. The summed E-state index contributed by atoms with van der Waals surface area (Å²) >= 11 is 7.52. The lowest BCUT2D eigenvalue weighted by Crippen LogP contribution is -2.37. The lowest BCUT2D eigenvalue weighted by atomic mass is 10.2. The molecule has 0 bridgehead atoms. The topological polar surface area (TPSA) is 29.1 Å². The lowest BCUT2D eigenvalue weighted by molar-refractivity contribution is -0.120. The fourth-order valence-corrected chi connectivity index (χ4v) is 3.25. The molecule has 1 N–H and O–H groups in total. The summed E-state index contributed by atoms with van der Waals surface area (Å²) in [5.74, 6) is 1.02. The number of hydrogen-bond donors (Lipinski definition) is 1. The van der Waals surface area contributed by atoms with E-state index in [0.717, 1.165) is 23.6 Å². The van der Waals surface area contributed by atoms with Crippen molar-refractivity contribution in [2.45, 2.75) is 49.7 Å². The number of thioether (sulfide) groups is 1. The maximum atomic E-state index is 12.0. The molecular weight excluding hydrogens is 278 g/mol. The molecule has 4 heteroatoms. The fourth-order valence-electron chi connectivity index (χ4n) is 2.27. The molecule has 0 radical (unpaired) electrons. The van der Waals surface area contributed by atoms with Crippen LogP contribution in [-0.4, -0.2) is 17.2 Å². The Labute approximate surface area is 124 Å². The van der Waals surface area contributed by atoms with Gasteiger partial charge in [0.2, 0.25) is 5.91 Å². The average Bonchev–Trinajstić information content (AvgIpc) is 2.90. The van der Waals surface area contributed by atoms with Gasteiger partial charge in [-0.05, 0) is 37.5 Å². The van der Waals surface area contributed by atoms with Crippen molar-refractivity contribution in [3.05, 3.63) is 34.9 Å². The molecule has 1 saturated carbocycles. The van der Waals surface area contributed by atoms with Gasteiger partial charge in [-0.1, -0.05) is 36.6 Å². The minimum Gasteiger partial charge on any atom is -0.352 e. The summed E-state index contributed by atoms with van der Waals surface area (Å²) in [6, 6.07) is 8.21. The molecule has 0 saturated heterocycles. The van der Waals surface area contributed by atoms with Crippen molar-refractivity contribution in [1.29, 1.82) is 0 Å². The van der Waals surface area contributed by atoms with Crippen molar-refractivity contribution in [3.8, 4) is 0 Å². The molecule has 2 rings (SSSR count). The van der Waals surface area contributed by atoms with Gasteiger partial charge in [-0.25, -0.2) is 0 Å². The SMILES string of the molecule is CC(SCc1ccc(Cl)cc1)C(=O)NC1CCCC1. The summed E-state index contributed by atoms with van der Waals surface area (Å²) in [6.45, 7) is 1.98. The molecule has 0 spiro atoms. The van der Waals surface area contributed by atoms with Crippen molar-refractivity contribution in [1.82, 2.24) is 5.32 Å². The summed E-state index contributed by atoms with van der Waals surface area (Å²) in [7, 11) is 0. The highest BCUT2D eigenvalue weighted by Crippen LogP contribution is 2.21. The van der Waals surface area contributed by atoms with E-state index in [9.17, 15) is 4.79 Å². The highest BCUT2D eigenvalue weighted by atomic mass is 35.5. The van der Waals surface area contributed by atoms with Crippen LogP contribution in [0.15, 0.2) is 24.3 Å². The Bertz CT molecular complexity index is 415. The van der Waals surface area contributed by atoms with Crippen LogP contribution in [0.2, 0.25) is 5.02 Å². The molecule has 19 heavy (non-hydrogen) atoms. The molecule has 0 aliphatic heterocycles. The number of amides is 1. The van der Waals surface area contributed by atoms with Crippen LogP contribution in [0.5, 0.6) is 0 Å². The van der Waals surface area contributed by atoms with E-state index in [-0.39, 0.29) is 11.2 Å². The Hall–Kier alpha value is -0.670. The predicted octanol–water partition coefficient (Wildman–Crippen LogP) is 4.02. The van der Waals surface area contributed by atoms with Gasteiger partial charge in [0.15, 0.2) is 0 Å². The lowest BCUT2D eigenvalue weighted by Gasteiger charge is -2.16. The quantitative estimate of drug-likeness (QED) is 0.889. The monoisotopic (exact) mass is 297 g/mol. The maximum absolute atomic E-state index is 12.0. The van der Waals surface area contributed by atoms with E-state index in [1.807, 2.05) is 31.2 Å². The van der Waals surface area contributed by atoms with Crippen LogP contribution in [0, 0.1) is 0 Å². The summed E-state index contributed by atoms with van der Waals surface area (Å²) in [5, 5.41) is 3.89. The molecule has 2 nitrogen and oxygen atoms in total. The van der Waals surface area contributed by atoms with Crippen molar-refractivity contribution < 1.29 is 4.79 Å². The highest BCUT2D eigenvalue weighted by molar-refractivity contribution is 7.99. The first-order valence-electron chi connectivity index (χ1n) is 6.81. The fraction of sp³-hybridized carbons (Fsp3) is 0.533. The van der Waals surface area contributed by atoms with Gasteiger partial charge >= 0.3 is 0 Å². The van der Waals surface area contributed by atoms with Crippen LogP contribution in [0.1, 0.15) is 38.2 Å². The van der Waals surface area contributed by atoms with Crippen molar-refractivity contribution in [2.24, 2.45) is 0 Å². The zero-order valence-corrected chi connectivity index (χ0v) is 12.8. The van der Waals surface area contributed by atoms with Gasteiger partial charge in [0.1, 0.15) is 0 Å². The summed E-state index contributed by atoms with van der Waals surface area (Å²) in [4.78, 5) is 12.0. The number of carbonyl (C=O) groups excluding carboxylic acids is 1. The number of nitrogens with one attached hydrogen (secondary N) is 1. The van der Waals surface area contributed by atoms with Crippen molar-refractivity contribution >= 4 is 29.3 Å². The van der Waals surface area contributed by atoms with Gasteiger partial charge in [0, 0.05) is 16.8 Å². The van der Waals surface area contributed by atoms with Crippen molar-refractivity contribution in [3.63, 3.8) is 0 Å². The molecular formula is C15H20ClNOS. The van der Waals surface area contributed by atoms with Crippen LogP contribution in [0.25, 0.3) is 0 Å². The van der Waals surface area contributed by atoms with Gasteiger partial charge in [-0.15, -0.1) is 11.8 Å². The largest absolute Gasteiger partial charge is 0.352 e. The van der Waals surface area contributed by atoms with Crippen LogP contribution in [0.3, 0.4) is 0 Å². The Kier molecular flexibility index (Phi) is 5.59. The van der Waals surface area contributed by atoms with Gasteiger partial charge in [-0.3, -0.25) is 4.79 Å². The first kappa shape index (κ1) is 14.7. The molecule has 1 aliphatic rings. The molecule has 1 aromatic rings. The molecule has 104 valence electrons. The van der Waals surface area contributed by atoms with Crippen LogP contribution < -0.4 is 5.32 Å². The predicted molar refractivity (Wildman–Crippen MR) is 82.6 cm³/mol. The second-order valence-electron chi connectivity index (χ2n) is 5.07. The minimum atomic E-state index is -0.00345. The first-order valence-corrected chi connectivity index (χ1v) is 8.24. The number of halogens is 1. The van der Waals surface area contributed by atoms with E-state index < -0.39 is 0 Å². The van der Waals surface area contributed by atoms with Crippen molar-refractivity contribution in [2.75, 3.05) is 0 Å². The second-order valence-corrected chi connectivity index (χ2v) is 6.84. The molecule has 1 unspecified atom stereocenters. The van der Waals surface area contributed by atoms with E-state index in [4.69, 9.17) is 11.6 Å². The second kappa shape index (κ2) is 7.20. The summed E-state index contributed by atoms with van der Waals surface area (Å²) < 4.78 is 0. The van der Waals surface area contributed by atoms with E-state index in [1.54, 1.807) is 11.8 Å². The molecule has 1 aromatic carbocycles. The third-order valence-electron chi connectivity index (χ3n) is 3.48. The number of benzene rings is 1. The molecule has 1 aliphatic carbocycles. The Morgan fingerprint density at radius 3 is 2.63 bits per heavy atom. The van der Waals surface area contributed by atoms with Crippen LogP contribution in [-0.2, 0) is 10.5 Å². The van der Waals surface area contributed by atoms with E-state index in [1.165, 1.54) is 18.4 Å².